The van der Waals surface area contributed by atoms with Crippen molar-refractivity contribution in [3.63, 3.8) is 0 Å². The van der Waals surface area contributed by atoms with Gasteiger partial charge < -0.3 is 5.32 Å². The van der Waals surface area contributed by atoms with Crippen molar-refractivity contribution < 1.29 is 4.79 Å². The van der Waals surface area contributed by atoms with Gasteiger partial charge in [0.2, 0.25) is 5.91 Å². The second-order valence-electron chi connectivity index (χ2n) is 4.82. The second kappa shape index (κ2) is 5.48. The third-order valence-corrected chi connectivity index (χ3v) is 3.63. The Kier molecular flexibility index (Phi) is 3.97. The molecule has 1 aromatic heterocycles. The predicted molar refractivity (Wildman–Crippen MR) is 77.1 cm³/mol. The quantitative estimate of drug-likeness (QED) is 0.909. The van der Waals surface area contributed by atoms with Crippen LogP contribution in [0, 0.1) is 5.92 Å². The smallest absolute Gasteiger partial charge is 0.226 e. The molecule has 0 aliphatic carbocycles. The molecule has 1 heterocycles. The van der Waals surface area contributed by atoms with Crippen molar-refractivity contribution in [2.45, 2.75) is 33.6 Å². The Hall–Kier alpha value is -1.42. The Labute approximate surface area is 111 Å². The lowest BCUT2D eigenvalue weighted by Crippen LogP contribution is -2.13. The van der Waals surface area contributed by atoms with Gasteiger partial charge in [0, 0.05) is 6.42 Å². The Morgan fingerprint density at radius 1 is 1.44 bits per heavy atom. The Bertz CT molecular complexity index is 560. The fourth-order valence-electron chi connectivity index (χ4n) is 1.78. The van der Waals surface area contributed by atoms with Crippen LogP contribution in [0.25, 0.3) is 10.2 Å². The van der Waals surface area contributed by atoms with Crippen LogP contribution in [0.1, 0.15) is 32.8 Å². The average Bonchev–Trinajstić information content (AvgIpc) is 2.68. The van der Waals surface area contributed by atoms with Crippen molar-refractivity contribution in [1.82, 2.24) is 4.98 Å². The van der Waals surface area contributed by atoms with Crippen molar-refractivity contribution in [2.75, 3.05) is 5.32 Å². The van der Waals surface area contributed by atoms with E-state index in [1.807, 2.05) is 19.9 Å². The molecule has 0 spiro atoms. The molecule has 0 saturated heterocycles. The number of anilines is 1. The summed E-state index contributed by atoms with van der Waals surface area (Å²) in [4.78, 5) is 16.1. The molecular weight excluding hydrogens is 244 g/mol. The summed E-state index contributed by atoms with van der Waals surface area (Å²) in [6.07, 6.45) is 1.55. The van der Waals surface area contributed by atoms with Gasteiger partial charge in [-0.15, -0.1) is 0 Å². The Morgan fingerprint density at radius 3 is 2.89 bits per heavy atom. The highest BCUT2D eigenvalue weighted by molar-refractivity contribution is 7.22. The number of fused-ring (bicyclic) bond motifs is 1. The van der Waals surface area contributed by atoms with Crippen LogP contribution in [0.3, 0.4) is 0 Å². The minimum absolute atomic E-state index is 0.0415. The molecule has 0 saturated carbocycles. The van der Waals surface area contributed by atoms with Crippen LogP contribution in [0.5, 0.6) is 0 Å². The first-order valence-corrected chi connectivity index (χ1v) is 7.09. The minimum Gasteiger partial charge on any atom is -0.302 e. The Morgan fingerprint density at radius 2 is 2.22 bits per heavy atom. The molecule has 2 rings (SSSR count). The van der Waals surface area contributed by atoms with Crippen molar-refractivity contribution in [3.8, 4) is 0 Å². The molecule has 0 unspecified atom stereocenters. The maximum atomic E-state index is 11.7. The van der Waals surface area contributed by atoms with Crippen LogP contribution in [-0.2, 0) is 11.2 Å². The van der Waals surface area contributed by atoms with E-state index in [1.54, 1.807) is 0 Å². The molecule has 1 N–H and O–H groups in total. The van der Waals surface area contributed by atoms with Gasteiger partial charge in [-0.2, -0.15) is 0 Å². The van der Waals surface area contributed by atoms with E-state index < -0.39 is 0 Å². The number of carbonyl (C=O) groups excluding carboxylic acids is 1. The predicted octanol–water partition coefficient (Wildman–Crippen LogP) is 3.84. The fraction of sp³-hybridized carbons (Fsp3) is 0.429. The van der Waals surface area contributed by atoms with Crippen LogP contribution >= 0.6 is 11.3 Å². The second-order valence-corrected chi connectivity index (χ2v) is 5.85. The number of amides is 1. The molecule has 96 valence electrons. The molecule has 4 heteroatoms. The van der Waals surface area contributed by atoms with Crippen LogP contribution < -0.4 is 5.32 Å². The molecule has 18 heavy (non-hydrogen) atoms. The third kappa shape index (κ3) is 3.07. The molecule has 0 aliphatic rings. The SMILES string of the molecule is CCc1ccc2nc(NC(=O)CC(C)C)sc2c1. The van der Waals surface area contributed by atoms with Crippen LogP contribution in [0.15, 0.2) is 18.2 Å². The van der Waals surface area contributed by atoms with Crippen molar-refractivity contribution >= 4 is 32.6 Å². The van der Waals surface area contributed by atoms with Gasteiger partial charge in [0.15, 0.2) is 5.13 Å². The summed E-state index contributed by atoms with van der Waals surface area (Å²) in [7, 11) is 0. The number of rotatable bonds is 4. The summed E-state index contributed by atoms with van der Waals surface area (Å²) >= 11 is 1.54. The first-order chi connectivity index (χ1) is 8.58. The number of carbonyl (C=O) groups is 1. The molecule has 3 nitrogen and oxygen atoms in total. The van der Waals surface area contributed by atoms with E-state index >= 15 is 0 Å². The molecule has 2 aromatic rings. The zero-order valence-electron chi connectivity index (χ0n) is 11.0. The number of aromatic nitrogens is 1. The van der Waals surface area contributed by atoms with Gasteiger partial charge in [0.05, 0.1) is 10.2 Å². The topological polar surface area (TPSA) is 42.0 Å². The largest absolute Gasteiger partial charge is 0.302 e. The lowest BCUT2D eigenvalue weighted by Gasteiger charge is -2.03. The van der Waals surface area contributed by atoms with E-state index in [2.05, 4.69) is 29.4 Å². The highest BCUT2D eigenvalue weighted by Gasteiger charge is 2.09. The molecular formula is C14H18N2OS. The van der Waals surface area contributed by atoms with Crippen LogP contribution in [0.2, 0.25) is 0 Å². The molecule has 0 atom stereocenters. The maximum absolute atomic E-state index is 11.7. The Balaban J connectivity index is 2.17. The van der Waals surface area contributed by atoms with E-state index in [4.69, 9.17) is 0 Å². The number of thiazole rings is 1. The number of aryl methyl sites for hydroxylation is 1. The number of nitrogens with zero attached hydrogens (tertiary/aromatic N) is 1. The summed E-state index contributed by atoms with van der Waals surface area (Å²) in [6.45, 7) is 6.20. The number of hydrogen-bond donors (Lipinski definition) is 1. The highest BCUT2D eigenvalue weighted by Crippen LogP contribution is 2.27. The first-order valence-electron chi connectivity index (χ1n) is 6.27. The van der Waals surface area contributed by atoms with Crippen molar-refractivity contribution in [3.05, 3.63) is 23.8 Å². The summed E-state index contributed by atoms with van der Waals surface area (Å²) < 4.78 is 1.13. The average molecular weight is 262 g/mol. The summed E-state index contributed by atoms with van der Waals surface area (Å²) in [6, 6.07) is 6.25. The number of nitrogens with one attached hydrogen (secondary N) is 1. The summed E-state index contributed by atoms with van der Waals surface area (Å²) in [5, 5.41) is 3.57. The molecule has 0 fully saturated rings. The zero-order valence-corrected chi connectivity index (χ0v) is 11.8. The van der Waals surface area contributed by atoms with Gasteiger partial charge in [-0.3, -0.25) is 4.79 Å². The lowest BCUT2D eigenvalue weighted by molar-refractivity contribution is -0.116. The standard InChI is InChI=1S/C14H18N2OS/c1-4-10-5-6-11-12(8-10)18-14(15-11)16-13(17)7-9(2)3/h5-6,8-9H,4,7H2,1-3H3,(H,15,16,17). The third-order valence-electron chi connectivity index (χ3n) is 2.70. The lowest BCUT2D eigenvalue weighted by atomic mass is 10.1. The van der Waals surface area contributed by atoms with E-state index in [0.717, 1.165) is 16.6 Å². The highest BCUT2D eigenvalue weighted by atomic mass is 32.1. The van der Waals surface area contributed by atoms with Gasteiger partial charge in [-0.25, -0.2) is 4.98 Å². The summed E-state index contributed by atoms with van der Waals surface area (Å²) in [5.41, 5.74) is 2.25. The normalized spacial score (nSPS) is 11.1. The zero-order chi connectivity index (χ0) is 13.1. The van der Waals surface area contributed by atoms with E-state index in [0.29, 0.717) is 17.5 Å². The number of benzene rings is 1. The molecule has 0 radical (unpaired) electrons. The van der Waals surface area contributed by atoms with Crippen LogP contribution in [-0.4, -0.2) is 10.9 Å². The van der Waals surface area contributed by atoms with E-state index in [1.165, 1.54) is 16.9 Å². The number of hydrogen-bond acceptors (Lipinski definition) is 3. The van der Waals surface area contributed by atoms with Crippen molar-refractivity contribution in [1.29, 1.82) is 0 Å². The molecule has 1 amide bonds. The van der Waals surface area contributed by atoms with Gasteiger partial charge in [-0.1, -0.05) is 38.2 Å². The first kappa shape index (κ1) is 13.0. The maximum Gasteiger partial charge on any atom is 0.226 e. The van der Waals surface area contributed by atoms with Crippen molar-refractivity contribution in [2.24, 2.45) is 5.92 Å². The monoisotopic (exact) mass is 262 g/mol. The van der Waals surface area contributed by atoms with E-state index in [-0.39, 0.29) is 5.91 Å². The molecule has 1 aromatic carbocycles. The van der Waals surface area contributed by atoms with Crippen LogP contribution in [0.4, 0.5) is 5.13 Å². The fourth-order valence-corrected chi connectivity index (χ4v) is 2.73. The molecule has 0 aliphatic heterocycles. The van der Waals surface area contributed by atoms with Gasteiger partial charge in [-0.05, 0) is 30.0 Å². The molecule has 0 bridgehead atoms. The van der Waals surface area contributed by atoms with Gasteiger partial charge in [0.25, 0.3) is 0 Å². The van der Waals surface area contributed by atoms with E-state index in [9.17, 15) is 4.79 Å². The van der Waals surface area contributed by atoms with Gasteiger partial charge >= 0.3 is 0 Å². The minimum atomic E-state index is 0.0415. The van der Waals surface area contributed by atoms with Gasteiger partial charge in [0.1, 0.15) is 0 Å². The summed E-state index contributed by atoms with van der Waals surface area (Å²) in [5.74, 6) is 0.408.